The first-order chi connectivity index (χ1) is 14.4. The number of hydrogen-bond donors (Lipinski definition) is 1. The van der Waals surface area contributed by atoms with E-state index in [1.165, 1.54) is 0 Å². The van der Waals surface area contributed by atoms with Crippen LogP contribution < -0.4 is 15.0 Å². The van der Waals surface area contributed by atoms with E-state index in [0.717, 1.165) is 5.69 Å². The summed E-state index contributed by atoms with van der Waals surface area (Å²) in [5.41, 5.74) is 2.06. The maximum absolute atomic E-state index is 12.9. The lowest BCUT2D eigenvalue weighted by molar-refractivity contribution is -0.134. The lowest BCUT2D eigenvalue weighted by Crippen LogP contribution is -2.50. The van der Waals surface area contributed by atoms with Crippen LogP contribution in [0.1, 0.15) is 31.1 Å². The molecule has 7 heteroatoms. The molecule has 0 spiro atoms. The van der Waals surface area contributed by atoms with Crippen LogP contribution in [0.4, 0.5) is 11.4 Å². The highest BCUT2D eigenvalue weighted by Gasteiger charge is 2.24. The number of nitrogens with one attached hydrogen (secondary N) is 1. The van der Waals surface area contributed by atoms with Crippen molar-refractivity contribution in [2.45, 2.75) is 20.8 Å². The Morgan fingerprint density at radius 2 is 1.83 bits per heavy atom. The Morgan fingerprint density at radius 1 is 1.10 bits per heavy atom. The van der Waals surface area contributed by atoms with Crippen molar-refractivity contribution in [3.8, 4) is 5.75 Å². The van der Waals surface area contributed by atoms with Crippen LogP contribution in [0.5, 0.6) is 5.75 Å². The minimum absolute atomic E-state index is 0.00520. The number of carbonyl (C=O) groups is 2. The Hall–Kier alpha value is -2.73. The van der Waals surface area contributed by atoms with Gasteiger partial charge in [0, 0.05) is 42.7 Å². The van der Waals surface area contributed by atoms with Gasteiger partial charge in [-0.05, 0) is 43.3 Å². The summed E-state index contributed by atoms with van der Waals surface area (Å²) in [6, 6.07) is 12.6. The molecule has 0 radical (unpaired) electrons. The van der Waals surface area contributed by atoms with Crippen molar-refractivity contribution in [3.63, 3.8) is 0 Å². The average molecular weight is 430 g/mol. The van der Waals surface area contributed by atoms with Gasteiger partial charge in [-0.1, -0.05) is 31.5 Å². The summed E-state index contributed by atoms with van der Waals surface area (Å²) in [6.45, 7) is 8.98. The van der Waals surface area contributed by atoms with E-state index in [1.807, 2.05) is 43.9 Å². The zero-order valence-electron chi connectivity index (χ0n) is 17.7. The SMILES string of the molecule is CCOc1cccc(C(=O)Nc2cc(Cl)ccc2N2CCN(C(=O)C(C)C)CC2)c1. The number of hydrogen-bond acceptors (Lipinski definition) is 4. The van der Waals surface area contributed by atoms with Gasteiger partial charge in [-0.3, -0.25) is 9.59 Å². The molecule has 0 bridgehead atoms. The summed E-state index contributed by atoms with van der Waals surface area (Å²) >= 11 is 6.21. The second-order valence-corrected chi connectivity index (χ2v) is 7.98. The second kappa shape index (κ2) is 9.85. The van der Waals surface area contributed by atoms with Crippen molar-refractivity contribution in [2.24, 2.45) is 5.92 Å². The maximum atomic E-state index is 12.9. The molecule has 160 valence electrons. The van der Waals surface area contributed by atoms with Crippen molar-refractivity contribution in [1.29, 1.82) is 0 Å². The molecule has 2 aromatic carbocycles. The lowest BCUT2D eigenvalue weighted by Gasteiger charge is -2.37. The molecular formula is C23H28ClN3O3. The van der Waals surface area contributed by atoms with Crippen LogP contribution >= 0.6 is 11.6 Å². The van der Waals surface area contributed by atoms with E-state index in [1.54, 1.807) is 24.3 Å². The van der Waals surface area contributed by atoms with Crippen molar-refractivity contribution < 1.29 is 14.3 Å². The predicted molar refractivity (Wildman–Crippen MR) is 121 cm³/mol. The number of ether oxygens (including phenoxy) is 1. The van der Waals surface area contributed by atoms with Crippen LogP contribution in [-0.4, -0.2) is 49.5 Å². The summed E-state index contributed by atoms with van der Waals surface area (Å²) in [5, 5.41) is 3.53. The molecular weight excluding hydrogens is 402 g/mol. The van der Waals surface area contributed by atoms with Crippen molar-refractivity contribution in [1.82, 2.24) is 4.90 Å². The second-order valence-electron chi connectivity index (χ2n) is 7.54. The van der Waals surface area contributed by atoms with Crippen LogP contribution in [0, 0.1) is 5.92 Å². The summed E-state index contributed by atoms with van der Waals surface area (Å²) < 4.78 is 5.49. The molecule has 2 amide bonds. The molecule has 1 fully saturated rings. The largest absolute Gasteiger partial charge is 0.494 e. The molecule has 1 N–H and O–H groups in total. The Kier molecular flexibility index (Phi) is 7.21. The topological polar surface area (TPSA) is 61.9 Å². The van der Waals surface area contributed by atoms with Crippen molar-refractivity contribution in [3.05, 3.63) is 53.1 Å². The Balaban J connectivity index is 1.75. The number of anilines is 2. The number of piperazine rings is 1. The Labute approximate surface area is 182 Å². The van der Waals surface area contributed by atoms with Gasteiger partial charge in [-0.2, -0.15) is 0 Å². The number of amides is 2. The molecule has 6 nitrogen and oxygen atoms in total. The number of halogens is 1. The smallest absolute Gasteiger partial charge is 0.255 e. The molecule has 30 heavy (non-hydrogen) atoms. The molecule has 1 aliphatic heterocycles. The van der Waals surface area contributed by atoms with Gasteiger partial charge in [0.15, 0.2) is 0 Å². The Morgan fingerprint density at radius 3 is 2.50 bits per heavy atom. The van der Waals surface area contributed by atoms with E-state index in [-0.39, 0.29) is 17.7 Å². The fourth-order valence-electron chi connectivity index (χ4n) is 3.51. The van der Waals surface area contributed by atoms with Gasteiger partial charge < -0.3 is 19.9 Å². The van der Waals surface area contributed by atoms with E-state index in [4.69, 9.17) is 16.3 Å². The molecule has 0 atom stereocenters. The molecule has 1 heterocycles. The average Bonchev–Trinajstić information content (AvgIpc) is 2.74. The van der Waals surface area contributed by atoms with Crippen LogP contribution in [0.3, 0.4) is 0 Å². The summed E-state index contributed by atoms with van der Waals surface area (Å²) in [6.07, 6.45) is 0. The van der Waals surface area contributed by atoms with E-state index >= 15 is 0 Å². The highest BCUT2D eigenvalue weighted by molar-refractivity contribution is 6.31. The highest BCUT2D eigenvalue weighted by atomic mass is 35.5. The fraction of sp³-hybridized carbons (Fsp3) is 0.391. The first-order valence-corrected chi connectivity index (χ1v) is 10.6. The van der Waals surface area contributed by atoms with Crippen LogP contribution in [0.15, 0.2) is 42.5 Å². The number of nitrogens with zero attached hydrogens (tertiary/aromatic N) is 2. The number of rotatable bonds is 6. The highest BCUT2D eigenvalue weighted by Crippen LogP contribution is 2.31. The molecule has 0 aromatic heterocycles. The first kappa shape index (κ1) is 22.0. The fourth-order valence-corrected chi connectivity index (χ4v) is 3.68. The molecule has 3 rings (SSSR count). The number of benzene rings is 2. The van der Waals surface area contributed by atoms with Crippen LogP contribution in [-0.2, 0) is 4.79 Å². The maximum Gasteiger partial charge on any atom is 0.255 e. The quantitative estimate of drug-likeness (QED) is 0.743. The summed E-state index contributed by atoms with van der Waals surface area (Å²) in [4.78, 5) is 29.2. The summed E-state index contributed by atoms with van der Waals surface area (Å²) in [7, 11) is 0. The minimum Gasteiger partial charge on any atom is -0.494 e. The molecule has 2 aromatic rings. The predicted octanol–water partition coefficient (Wildman–Crippen LogP) is 4.30. The van der Waals surface area contributed by atoms with Gasteiger partial charge in [0.25, 0.3) is 5.91 Å². The molecule has 1 aliphatic rings. The summed E-state index contributed by atoms with van der Waals surface area (Å²) in [5.74, 6) is 0.596. The molecule has 0 aliphatic carbocycles. The van der Waals surface area contributed by atoms with Gasteiger partial charge in [0.1, 0.15) is 5.75 Å². The third kappa shape index (κ3) is 5.25. The van der Waals surface area contributed by atoms with Gasteiger partial charge >= 0.3 is 0 Å². The zero-order valence-corrected chi connectivity index (χ0v) is 18.4. The third-order valence-corrected chi connectivity index (χ3v) is 5.28. The lowest BCUT2D eigenvalue weighted by atomic mass is 10.1. The van der Waals surface area contributed by atoms with E-state index < -0.39 is 0 Å². The van der Waals surface area contributed by atoms with E-state index in [2.05, 4.69) is 10.2 Å². The third-order valence-electron chi connectivity index (χ3n) is 5.04. The first-order valence-electron chi connectivity index (χ1n) is 10.3. The number of carbonyl (C=O) groups excluding carboxylic acids is 2. The van der Waals surface area contributed by atoms with Gasteiger partial charge in [0.2, 0.25) is 5.91 Å². The van der Waals surface area contributed by atoms with Gasteiger partial charge in [0.05, 0.1) is 18.0 Å². The van der Waals surface area contributed by atoms with Crippen LogP contribution in [0.2, 0.25) is 5.02 Å². The standard InChI is InChI=1S/C23H28ClN3O3/c1-4-30-19-7-5-6-17(14-19)22(28)25-20-15-18(24)8-9-21(20)26-10-12-27(13-11-26)23(29)16(2)3/h5-9,14-16H,4,10-13H2,1-3H3,(H,25,28). The van der Waals surface area contributed by atoms with E-state index in [0.29, 0.717) is 54.8 Å². The monoisotopic (exact) mass is 429 g/mol. The van der Waals surface area contributed by atoms with E-state index in [9.17, 15) is 9.59 Å². The molecule has 1 saturated heterocycles. The van der Waals surface area contributed by atoms with Crippen LogP contribution in [0.25, 0.3) is 0 Å². The Bertz CT molecular complexity index is 908. The van der Waals surface area contributed by atoms with Gasteiger partial charge in [-0.15, -0.1) is 0 Å². The molecule has 0 unspecified atom stereocenters. The normalized spacial score (nSPS) is 14.0. The van der Waals surface area contributed by atoms with Gasteiger partial charge in [-0.25, -0.2) is 0 Å². The van der Waals surface area contributed by atoms with Crippen molar-refractivity contribution in [2.75, 3.05) is 43.0 Å². The minimum atomic E-state index is -0.228. The van der Waals surface area contributed by atoms with Crippen molar-refractivity contribution >= 4 is 34.8 Å². The zero-order chi connectivity index (χ0) is 21.7. The molecule has 0 saturated carbocycles.